The van der Waals surface area contributed by atoms with E-state index in [1.165, 1.54) is 6.26 Å². The van der Waals surface area contributed by atoms with Crippen molar-refractivity contribution < 1.29 is 17.6 Å². The Balaban J connectivity index is 1.95. The van der Waals surface area contributed by atoms with Gasteiger partial charge in [0.15, 0.2) is 5.76 Å². The van der Waals surface area contributed by atoms with Gasteiger partial charge in [-0.1, -0.05) is 6.42 Å². The van der Waals surface area contributed by atoms with Gasteiger partial charge in [-0.15, -0.1) is 5.10 Å². The van der Waals surface area contributed by atoms with Crippen LogP contribution in [0, 0.1) is 0 Å². The number of nitrogens with zero attached hydrogens (tertiary/aromatic N) is 3. The molecule has 2 aromatic rings. The fourth-order valence-corrected chi connectivity index (χ4v) is 2.48. The molecule has 3 rings (SSSR count). The molecule has 0 radical (unpaired) electrons. The highest BCUT2D eigenvalue weighted by Crippen LogP contribution is 2.27. The van der Waals surface area contributed by atoms with E-state index in [1.54, 1.807) is 12.1 Å². The van der Waals surface area contributed by atoms with Gasteiger partial charge >= 0.3 is 6.18 Å². The molecule has 0 aromatic carbocycles. The largest absolute Gasteiger partial charge is 0.461 e. The highest BCUT2D eigenvalue weighted by molar-refractivity contribution is 5.45. The maximum atomic E-state index is 12.7. The second-order valence-electron chi connectivity index (χ2n) is 5.05. The highest BCUT2D eigenvalue weighted by Gasteiger charge is 2.32. The summed E-state index contributed by atoms with van der Waals surface area (Å²) >= 11 is 0. The molecule has 0 amide bonds. The minimum Gasteiger partial charge on any atom is -0.461 e. The van der Waals surface area contributed by atoms with E-state index in [4.69, 9.17) is 4.42 Å². The molecule has 0 aliphatic carbocycles. The quantitative estimate of drug-likeness (QED) is 0.947. The van der Waals surface area contributed by atoms with Crippen LogP contribution in [0.4, 0.5) is 13.2 Å². The maximum Gasteiger partial charge on any atom is 0.408 e. The van der Waals surface area contributed by atoms with E-state index in [0.29, 0.717) is 11.6 Å². The predicted molar refractivity (Wildman–Crippen MR) is 68.4 cm³/mol. The molecule has 1 aliphatic heterocycles. The molecule has 5 nitrogen and oxygen atoms in total. The zero-order chi connectivity index (χ0) is 14.9. The summed E-state index contributed by atoms with van der Waals surface area (Å²) in [7, 11) is 0. The molecule has 0 saturated carbocycles. The van der Waals surface area contributed by atoms with Crippen molar-refractivity contribution in [2.75, 3.05) is 6.54 Å². The van der Waals surface area contributed by atoms with Gasteiger partial charge in [-0.2, -0.15) is 13.2 Å². The van der Waals surface area contributed by atoms with Crippen LogP contribution in [0.15, 0.2) is 22.8 Å². The molecule has 1 unspecified atom stereocenters. The SMILES string of the molecule is FC(F)(F)Cn1nc(-c2ccco2)nc1C1CCCCN1. The summed E-state index contributed by atoms with van der Waals surface area (Å²) in [6.07, 6.45) is -0.147. The minimum atomic E-state index is -4.34. The Bertz CT molecular complexity index is 585. The van der Waals surface area contributed by atoms with Gasteiger partial charge in [0.1, 0.15) is 12.4 Å². The number of hydrogen-bond donors (Lipinski definition) is 1. The molecule has 1 aliphatic rings. The lowest BCUT2D eigenvalue weighted by Crippen LogP contribution is -2.31. The van der Waals surface area contributed by atoms with E-state index in [1.807, 2.05) is 0 Å². The number of hydrogen-bond acceptors (Lipinski definition) is 4. The molecule has 0 spiro atoms. The summed E-state index contributed by atoms with van der Waals surface area (Å²) in [5.74, 6) is 0.873. The van der Waals surface area contributed by atoms with Crippen molar-refractivity contribution in [3.8, 4) is 11.6 Å². The summed E-state index contributed by atoms with van der Waals surface area (Å²) in [5.41, 5.74) is 0. The lowest BCUT2D eigenvalue weighted by molar-refractivity contribution is -0.143. The van der Waals surface area contributed by atoms with Gasteiger partial charge in [-0.25, -0.2) is 9.67 Å². The molecule has 1 atom stereocenters. The Morgan fingerprint density at radius 1 is 1.38 bits per heavy atom. The summed E-state index contributed by atoms with van der Waals surface area (Å²) < 4.78 is 44.2. The van der Waals surface area contributed by atoms with E-state index in [2.05, 4.69) is 15.4 Å². The topological polar surface area (TPSA) is 55.9 Å². The number of piperidine rings is 1. The minimum absolute atomic E-state index is 0.187. The van der Waals surface area contributed by atoms with Crippen molar-refractivity contribution in [2.45, 2.75) is 38.0 Å². The van der Waals surface area contributed by atoms with Gasteiger partial charge in [-0.05, 0) is 31.5 Å². The summed E-state index contributed by atoms with van der Waals surface area (Å²) in [5, 5.41) is 7.16. The van der Waals surface area contributed by atoms with Gasteiger partial charge < -0.3 is 9.73 Å². The summed E-state index contributed by atoms with van der Waals surface area (Å²) in [4.78, 5) is 4.26. The van der Waals surface area contributed by atoms with Crippen molar-refractivity contribution >= 4 is 0 Å². The maximum absolute atomic E-state index is 12.7. The second kappa shape index (κ2) is 5.51. The van der Waals surface area contributed by atoms with Crippen LogP contribution in [0.1, 0.15) is 31.1 Å². The van der Waals surface area contributed by atoms with Crippen LogP contribution in [-0.4, -0.2) is 27.5 Å². The van der Waals surface area contributed by atoms with Crippen LogP contribution in [-0.2, 0) is 6.54 Å². The molecule has 8 heteroatoms. The van der Waals surface area contributed by atoms with Crippen LogP contribution < -0.4 is 5.32 Å². The first-order valence-corrected chi connectivity index (χ1v) is 6.82. The monoisotopic (exact) mass is 300 g/mol. The molecule has 2 aromatic heterocycles. The molecule has 114 valence electrons. The van der Waals surface area contributed by atoms with Gasteiger partial charge in [0, 0.05) is 0 Å². The molecule has 1 saturated heterocycles. The number of alkyl halides is 3. The number of halogens is 3. The third kappa shape index (κ3) is 3.26. The van der Waals surface area contributed by atoms with E-state index in [0.717, 1.165) is 30.5 Å². The van der Waals surface area contributed by atoms with Gasteiger partial charge in [0.05, 0.1) is 12.3 Å². The zero-order valence-corrected chi connectivity index (χ0v) is 11.2. The van der Waals surface area contributed by atoms with Crippen molar-refractivity contribution in [1.29, 1.82) is 0 Å². The van der Waals surface area contributed by atoms with Crippen LogP contribution in [0.2, 0.25) is 0 Å². The van der Waals surface area contributed by atoms with Crippen molar-refractivity contribution in [3.63, 3.8) is 0 Å². The average molecular weight is 300 g/mol. The van der Waals surface area contributed by atoms with Gasteiger partial charge in [0.25, 0.3) is 0 Å². The van der Waals surface area contributed by atoms with Crippen molar-refractivity contribution in [1.82, 2.24) is 20.1 Å². The van der Waals surface area contributed by atoms with E-state index >= 15 is 0 Å². The average Bonchev–Trinajstić information content (AvgIpc) is 3.06. The van der Waals surface area contributed by atoms with E-state index < -0.39 is 12.7 Å². The van der Waals surface area contributed by atoms with Gasteiger partial charge in [0.2, 0.25) is 5.82 Å². The highest BCUT2D eigenvalue weighted by atomic mass is 19.4. The summed E-state index contributed by atoms with van der Waals surface area (Å²) in [6, 6.07) is 3.08. The second-order valence-corrected chi connectivity index (χ2v) is 5.05. The third-order valence-corrected chi connectivity index (χ3v) is 3.39. The Kier molecular flexibility index (Phi) is 3.71. The van der Waals surface area contributed by atoms with E-state index in [9.17, 15) is 13.2 Å². The van der Waals surface area contributed by atoms with Crippen LogP contribution in [0.25, 0.3) is 11.6 Å². The number of furan rings is 1. The van der Waals surface area contributed by atoms with Crippen LogP contribution in [0.5, 0.6) is 0 Å². The standard InChI is InChI=1S/C13H15F3N4O/c14-13(15,16)8-20-12(9-4-1-2-6-17-9)18-11(19-20)10-5-3-7-21-10/h3,5,7,9,17H,1-2,4,6,8H2. The first kappa shape index (κ1) is 14.1. The first-order valence-electron chi connectivity index (χ1n) is 6.82. The molecule has 1 N–H and O–H groups in total. The number of aromatic nitrogens is 3. The lowest BCUT2D eigenvalue weighted by atomic mass is 10.0. The molecular weight excluding hydrogens is 285 g/mol. The Morgan fingerprint density at radius 3 is 2.86 bits per heavy atom. The Labute approximate surface area is 119 Å². The lowest BCUT2D eigenvalue weighted by Gasteiger charge is -2.23. The molecule has 21 heavy (non-hydrogen) atoms. The fourth-order valence-electron chi connectivity index (χ4n) is 2.48. The molecule has 1 fully saturated rings. The Morgan fingerprint density at radius 2 is 2.24 bits per heavy atom. The van der Waals surface area contributed by atoms with E-state index in [-0.39, 0.29) is 11.9 Å². The molecular formula is C13H15F3N4O. The zero-order valence-electron chi connectivity index (χ0n) is 11.2. The first-order chi connectivity index (χ1) is 10.0. The fraction of sp³-hybridized carbons (Fsp3) is 0.538. The molecule has 0 bridgehead atoms. The number of nitrogens with one attached hydrogen (secondary N) is 1. The molecule has 3 heterocycles. The van der Waals surface area contributed by atoms with Crippen molar-refractivity contribution in [2.24, 2.45) is 0 Å². The van der Waals surface area contributed by atoms with Crippen molar-refractivity contribution in [3.05, 3.63) is 24.2 Å². The summed E-state index contributed by atoms with van der Waals surface area (Å²) in [6.45, 7) is -0.367. The third-order valence-electron chi connectivity index (χ3n) is 3.39. The van der Waals surface area contributed by atoms with Crippen LogP contribution >= 0.6 is 0 Å². The smallest absolute Gasteiger partial charge is 0.408 e. The van der Waals surface area contributed by atoms with Crippen LogP contribution in [0.3, 0.4) is 0 Å². The predicted octanol–water partition coefficient (Wildman–Crippen LogP) is 2.92. The normalized spacial score (nSPS) is 19.9. The van der Waals surface area contributed by atoms with Gasteiger partial charge in [-0.3, -0.25) is 0 Å². The number of rotatable bonds is 3. The Hall–Kier alpha value is -1.83.